The molecular formula is C16H23N3O2. The van der Waals surface area contributed by atoms with E-state index in [0.29, 0.717) is 18.3 Å². The number of nitrogens with two attached hydrogens (primary N) is 1. The zero-order valence-corrected chi connectivity index (χ0v) is 12.6. The van der Waals surface area contributed by atoms with Crippen LogP contribution in [0.25, 0.3) is 0 Å². The van der Waals surface area contributed by atoms with Gasteiger partial charge in [0.15, 0.2) is 5.84 Å². The van der Waals surface area contributed by atoms with Gasteiger partial charge in [0.05, 0.1) is 0 Å². The van der Waals surface area contributed by atoms with Crippen molar-refractivity contribution in [1.82, 2.24) is 4.90 Å². The van der Waals surface area contributed by atoms with E-state index in [1.807, 2.05) is 35.2 Å². The minimum Gasteiger partial charge on any atom is -0.409 e. The highest BCUT2D eigenvalue weighted by atomic mass is 16.4. The maximum atomic E-state index is 12.7. The smallest absolute Gasteiger partial charge is 0.233 e. The molecule has 0 bridgehead atoms. The molecule has 0 radical (unpaired) electrons. The number of amides is 1. The van der Waals surface area contributed by atoms with E-state index in [1.165, 1.54) is 0 Å². The fourth-order valence-electron chi connectivity index (χ4n) is 2.77. The van der Waals surface area contributed by atoms with Gasteiger partial charge in [-0.25, -0.2) is 0 Å². The Balaban J connectivity index is 2.15. The third-order valence-electron chi connectivity index (χ3n) is 4.35. The first-order valence-electron chi connectivity index (χ1n) is 7.33. The van der Waals surface area contributed by atoms with Gasteiger partial charge in [-0.1, -0.05) is 49.3 Å². The zero-order valence-electron chi connectivity index (χ0n) is 12.6. The van der Waals surface area contributed by atoms with Crippen molar-refractivity contribution >= 4 is 11.7 Å². The third kappa shape index (κ3) is 3.54. The van der Waals surface area contributed by atoms with Gasteiger partial charge in [0.1, 0.15) is 5.92 Å². The Hall–Kier alpha value is -2.04. The number of likely N-dealkylation sites (tertiary alicyclic amines) is 1. The maximum Gasteiger partial charge on any atom is 0.233 e. The number of amidine groups is 1. The van der Waals surface area contributed by atoms with E-state index in [0.717, 1.165) is 18.7 Å². The number of rotatable bonds is 4. The van der Waals surface area contributed by atoms with Gasteiger partial charge in [-0.15, -0.1) is 0 Å². The van der Waals surface area contributed by atoms with E-state index in [2.05, 4.69) is 19.0 Å². The second-order valence-corrected chi connectivity index (χ2v) is 5.96. The lowest BCUT2D eigenvalue weighted by Crippen LogP contribution is -2.42. The minimum atomic E-state index is -0.602. The topological polar surface area (TPSA) is 78.9 Å². The van der Waals surface area contributed by atoms with Crippen LogP contribution in [-0.4, -0.2) is 34.9 Å². The summed E-state index contributed by atoms with van der Waals surface area (Å²) >= 11 is 0. The number of benzene rings is 1. The summed E-state index contributed by atoms with van der Waals surface area (Å²) in [4.78, 5) is 14.5. The Morgan fingerprint density at radius 1 is 1.33 bits per heavy atom. The summed E-state index contributed by atoms with van der Waals surface area (Å²) in [5.74, 6) is 0.300. The summed E-state index contributed by atoms with van der Waals surface area (Å²) in [5.41, 5.74) is 6.76. The number of hydrogen-bond acceptors (Lipinski definition) is 3. The largest absolute Gasteiger partial charge is 0.409 e. The molecule has 21 heavy (non-hydrogen) atoms. The van der Waals surface area contributed by atoms with Gasteiger partial charge in [-0.2, -0.15) is 0 Å². The monoisotopic (exact) mass is 289 g/mol. The number of carbonyl (C=O) groups is 1. The molecule has 3 N–H and O–H groups in total. The molecule has 2 rings (SSSR count). The van der Waals surface area contributed by atoms with Crippen molar-refractivity contribution in [2.75, 3.05) is 13.1 Å². The molecule has 1 saturated heterocycles. The normalized spacial score (nSPS) is 24.1. The fraction of sp³-hybridized carbons (Fsp3) is 0.500. The molecule has 1 fully saturated rings. The molecule has 5 nitrogen and oxygen atoms in total. The second-order valence-electron chi connectivity index (χ2n) is 5.96. The van der Waals surface area contributed by atoms with E-state index in [-0.39, 0.29) is 11.7 Å². The number of nitrogens with zero attached hydrogens (tertiary/aromatic N) is 2. The van der Waals surface area contributed by atoms with Gasteiger partial charge in [0, 0.05) is 13.1 Å². The molecule has 1 amide bonds. The van der Waals surface area contributed by atoms with Crippen molar-refractivity contribution in [2.45, 2.75) is 20.3 Å². The third-order valence-corrected chi connectivity index (χ3v) is 4.35. The van der Waals surface area contributed by atoms with Crippen LogP contribution in [0, 0.1) is 17.8 Å². The summed E-state index contributed by atoms with van der Waals surface area (Å²) < 4.78 is 0. The van der Waals surface area contributed by atoms with Crippen LogP contribution in [0.1, 0.15) is 19.4 Å². The molecule has 0 saturated carbocycles. The van der Waals surface area contributed by atoms with Crippen LogP contribution in [0.2, 0.25) is 0 Å². The highest BCUT2D eigenvalue weighted by Gasteiger charge is 2.34. The molecule has 1 heterocycles. The Morgan fingerprint density at radius 3 is 2.43 bits per heavy atom. The first-order chi connectivity index (χ1) is 10.0. The molecule has 114 valence electrons. The van der Waals surface area contributed by atoms with Crippen molar-refractivity contribution in [1.29, 1.82) is 0 Å². The second kappa shape index (κ2) is 6.61. The van der Waals surface area contributed by atoms with E-state index in [1.54, 1.807) is 0 Å². The van der Waals surface area contributed by atoms with Gasteiger partial charge in [0.2, 0.25) is 5.91 Å². The molecule has 0 spiro atoms. The lowest BCUT2D eigenvalue weighted by molar-refractivity contribution is -0.132. The Morgan fingerprint density at radius 2 is 1.90 bits per heavy atom. The number of oxime groups is 1. The quantitative estimate of drug-likeness (QED) is 0.383. The molecule has 0 aromatic heterocycles. The zero-order chi connectivity index (χ0) is 15.4. The summed E-state index contributed by atoms with van der Waals surface area (Å²) in [6.07, 6.45) is 0.453. The predicted octanol–water partition coefficient (Wildman–Crippen LogP) is 1.71. The van der Waals surface area contributed by atoms with Crippen molar-refractivity contribution in [2.24, 2.45) is 28.6 Å². The van der Waals surface area contributed by atoms with Crippen molar-refractivity contribution in [3.05, 3.63) is 35.9 Å². The predicted molar refractivity (Wildman–Crippen MR) is 82.0 cm³/mol. The van der Waals surface area contributed by atoms with E-state index in [4.69, 9.17) is 10.9 Å². The summed E-state index contributed by atoms with van der Waals surface area (Å²) in [6.45, 7) is 5.77. The average molecular weight is 289 g/mol. The first-order valence-corrected chi connectivity index (χ1v) is 7.33. The lowest BCUT2D eigenvalue weighted by atomic mass is 9.97. The Kier molecular flexibility index (Phi) is 4.83. The van der Waals surface area contributed by atoms with Crippen LogP contribution >= 0.6 is 0 Å². The fourth-order valence-corrected chi connectivity index (χ4v) is 2.77. The minimum absolute atomic E-state index is 0.0175. The highest BCUT2D eigenvalue weighted by molar-refractivity contribution is 6.02. The SMILES string of the molecule is CC1CN(C(=O)C(Cc2ccccc2)C(N)=NO)CC1C. The molecule has 5 heteroatoms. The van der Waals surface area contributed by atoms with Gasteiger partial charge >= 0.3 is 0 Å². The van der Waals surface area contributed by atoms with E-state index in [9.17, 15) is 4.79 Å². The molecule has 1 aromatic rings. The van der Waals surface area contributed by atoms with Crippen molar-refractivity contribution < 1.29 is 10.0 Å². The highest BCUT2D eigenvalue weighted by Crippen LogP contribution is 2.24. The van der Waals surface area contributed by atoms with Crippen molar-refractivity contribution in [3.63, 3.8) is 0 Å². The van der Waals surface area contributed by atoms with Crippen molar-refractivity contribution in [3.8, 4) is 0 Å². The van der Waals surface area contributed by atoms with Crippen LogP contribution in [0.15, 0.2) is 35.5 Å². The molecule has 1 aliphatic heterocycles. The van der Waals surface area contributed by atoms with Gasteiger partial charge < -0.3 is 15.8 Å². The van der Waals surface area contributed by atoms with Crippen LogP contribution in [0.4, 0.5) is 0 Å². The lowest BCUT2D eigenvalue weighted by Gasteiger charge is -2.23. The molecule has 3 atom stereocenters. The van der Waals surface area contributed by atoms with Crippen LogP contribution in [0.5, 0.6) is 0 Å². The van der Waals surface area contributed by atoms with E-state index >= 15 is 0 Å². The first kappa shape index (κ1) is 15.4. The Labute approximate surface area is 125 Å². The molecule has 3 unspecified atom stereocenters. The molecule has 0 aliphatic carbocycles. The Bertz CT molecular complexity index is 506. The van der Waals surface area contributed by atoms with Gasteiger partial charge in [-0.05, 0) is 23.8 Å². The van der Waals surface area contributed by atoms with Crippen LogP contribution < -0.4 is 5.73 Å². The molecular weight excluding hydrogens is 266 g/mol. The maximum absolute atomic E-state index is 12.7. The van der Waals surface area contributed by atoms with Gasteiger partial charge in [0.25, 0.3) is 0 Å². The van der Waals surface area contributed by atoms with Crippen LogP contribution in [0.3, 0.4) is 0 Å². The molecule has 1 aromatic carbocycles. The standard InChI is InChI=1S/C16H23N3O2/c1-11-9-19(10-12(11)2)16(20)14(15(17)18-21)8-13-6-4-3-5-7-13/h3-7,11-12,14,21H,8-10H2,1-2H3,(H2,17,18). The average Bonchev–Trinajstić information content (AvgIpc) is 2.84. The van der Waals surface area contributed by atoms with Crippen LogP contribution in [-0.2, 0) is 11.2 Å². The summed E-state index contributed by atoms with van der Waals surface area (Å²) in [7, 11) is 0. The summed E-state index contributed by atoms with van der Waals surface area (Å²) in [5, 5.41) is 12.0. The summed E-state index contributed by atoms with van der Waals surface area (Å²) in [6, 6.07) is 9.65. The number of carbonyl (C=O) groups excluding carboxylic acids is 1. The molecule has 1 aliphatic rings. The van der Waals surface area contributed by atoms with Gasteiger partial charge in [-0.3, -0.25) is 4.79 Å². The van der Waals surface area contributed by atoms with E-state index < -0.39 is 5.92 Å². The number of hydrogen-bond donors (Lipinski definition) is 2.